The largest absolute Gasteiger partial charge is 0.486 e. The van der Waals surface area contributed by atoms with Crippen LogP contribution in [-0.4, -0.2) is 19.2 Å². The number of rotatable bonds is 4. The fourth-order valence-corrected chi connectivity index (χ4v) is 2.72. The summed E-state index contributed by atoms with van der Waals surface area (Å²) in [5, 5.41) is 5.92. The number of ether oxygens (including phenoxy) is 2. The van der Waals surface area contributed by atoms with Gasteiger partial charge in [0, 0.05) is 6.54 Å². The topological polar surface area (TPSA) is 59.6 Å². The van der Waals surface area contributed by atoms with Crippen molar-refractivity contribution < 1.29 is 14.3 Å². The highest BCUT2D eigenvalue weighted by Gasteiger charge is 2.25. The molecule has 2 aromatic carbocycles. The molecule has 0 aliphatic carbocycles. The van der Waals surface area contributed by atoms with Crippen LogP contribution < -0.4 is 20.1 Å². The SMILES string of the molecule is Cc1ccc(CNC(=O)NC(C)(C)c2ccc3c(c2)OCCO3)cc1. The van der Waals surface area contributed by atoms with Gasteiger partial charge in [-0.25, -0.2) is 4.79 Å². The highest BCUT2D eigenvalue weighted by molar-refractivity contribution is 5.75. The van der Waals surface area contributed by atoms with Crippen molar-refractivity contribution in [1.29, 1.82) is 0 Å². The predicted octanol–water partition coefficient (Wildman–Crippen LogP) is 3.50. The van der Waals surface area contributed by atoms with Crippen LogP contribution >= 0.6 is 0 Å². The Morgan fingerprint density at radius 1 is 1.04 bits per heavy atom. The second-order valence-corrected chi connectivity index (χ2v) is 6.78. The maximum Gasteiger partial charge on any atom is 0.315 e. The Bertz CT molecular complexity index is 754. The van der Waals surface area contributed by atoms with Crippen molar-refractivity contribution in [2.45, 2.75) is 32.9 Å². The summed E-state index contributed by atoms with van der Waals surface area (Å²) in [5.74, 6) is 1.47. The van der Waals surface area contributed by atoms with E-state index in [4.69, 9.17) is 9.47 Å². The molecule has 5 nitrogen and oxygen atoms in total. The second kappa shape index (κ2) is 7.05. The van der Waals surface area contributed by atoms with Crippen LogP contribution in [0, 0.1) is 6.92 Å². The average molecular weight is 340 g/mol. The summed E-state index contributed by atoms with van der Waals surface area (Å²) in [6, 6.07) is 13.7. The van der Waals surface area contributed by atoms with E-state index in [1.165, 1.54) is 5.56 Å². The molecule has 0 fully saturated rings. The van der Waals surface area contributed by atoms with Crippen molar-refractivity contribution in [1.82, 2.24) is 10.6 Å². The van der Waals surface area contributed by atoms with Gasteiger partial charge in [-0.05, 0) is 44.0 Å². The van der Waals surface area contributed by atoms with Crippen LogP contribution in [0.3, 0.4) is 0 Å². The molecule has 25 heavy (non-hydrogen) atoms. The quantitative estimate of drug-likeness (QED) is 0.895. The van der Waals surface area contributed by atoms with E-state index >= 15 is 0 Å². The summed E-state index contributed by atoms with van der Waals surface area (Å²) in [6.07, 6.45) is 0. The summed E-state index contributed by atoms with van der Waals surface area (Å²) in [7, 11) is 0. The number of hydrogen-bond acceptors (Lipinski definition) is 3. The third-order valence-corrected chi connectivity index (χ3v) is 4.26. The number of nitrogens with one attached hydrogen (secondary N) is 2. The van der Waals surface area contributed by atoms with Gasteiger partial charge in [0.1, 0.15) is 13.2 Å². The van der Waals surface area contributed by atoms with Crippen molar-refractivity contribution in [3.63, 3.8) is 0 Å². The molecular weight excluding hydrogens is 316 g/mol. The summed E-state index contributed by atoms with van der Waals surface area (Å²) in [5.41, 5.74) is 2.70. The van der Waals surface area contributed by atoms with E-state index in [-0.39, 0.29) is 6.03 Å². The standard InChI is InChI=1S/C20H24N2O3/c1-14-4-6-15(7-5-14)13-21-19(23)22-20(2,3)16-8-9-17-18(12-16)25-11-10-24-17/h4-9,12H,10-11,13H2,1-3H3,(H2,21,22,23). The minimum absolute atomic E-state index is 0.208. The first kappa shape index (κ1) is 17.1. The minimum Gasteiger partial charge on any atom is -0.486 e. The van der Waals surface area contributed by atoms with E-state index in [9.17, 15) is 4.79 Å². The van der Waals surface area contributed by atoms with Gasteiger partial charge in [-0.1, -0.05) is 35.9 Å². The Hall–Kier alpha value is -2.69. The summed E-state index contributed by atoms with van der Waals surface area (Å²) in [6.45, 7) is 7.56. The Balaban J connectivity index is 1.62. The van der Waals surface area contributed by atoms with Crippen molar-refractivity contribution in [3.05, 3.63) is 59.2 Å². The van der Waals surface area contributed by atoms with Gasteiger partial charge in [0.05, 0.1) is 5.54 Å². The highest BCUT2D eigenvalue weighted by atomic mass is 16.6. The average Bonchev–Trinajstić information content (AvgIpc) is 2.60. The molecule has 0 saturated heterocycles. The normalized spacial score (nSPS) is 13.2. The number of benzene rings is 2. The van der Waals surface area contributed by atoms with E-state index in [1.54, 1.807) is 0 Å². The fraction of sp³-hybridized carbons (Fsp3) is 0.350. The molecule has 3 rings (SSSR count). The molecule has 2 amide bonds. The van der Waals surface area contributed by atoms with Crippen LogP contribution in [0.25, 0.3) is 0 Å². The van der Waals surface area contributed by atoms with Crippen LogP contribution in [0.5, 0.6) is 11.5 Å². The molecule has 1 aliphatic heterocycles. The van der Waals surface area contributed by atoms with Crippen LogP contribution in [-0.2, 0) is 12.1 Å². The van der Waals surface area contributed by atoms with Crippen LogP contribution in [0.4, 0.5) is 4.79 Å². The van der Waals surface area contributed by atoms with Gasteiger partial charge >= 0.3 is 6.03 Å². The zero-order chi connectivity index (χ0) is 17.9. The first-order valence-electron chi connectivity index (χ1n) is 8.46. The van der Waals surface area contributed by atoms with Crippen molar-refractivity contribution >= 4 is 6.03 Å². The van der Waals surface area contributed by atoms with Gasteiger partial charge in [-0.3, -0.25) is 0 Å². The molecule has 0 atom stereocenters. The Morgan fingerprint density at radius 3 is 2.44 bits per heavy atom. The van der Waals surface area contributed by atoms with Crippen LogP contribution in [0.15, 0.2) is 42.5 Å². The van der Waals surface area contributed by atoms with E-state index in [0.29, 0.717) is 19.8 Å². The summed E-state index contributed by atoms with van der Waals surface area (Å²) in [4.78, 5) is 12.3. The zero-order valence-corrected chi connectivity index (χ0v) is 14.9. The number of urea groups is 1. The predicted molar refractivity (Wildman–Crippen MR) is 97.0 cm³/mol. The number of aryl methyl sites for hydroxylation is 1. The van der Waals surface area contributed by atoms with Gasteiger partial charge in [-0.2, -0.15) is 0 Å². The monoisotopic (exact) mass is 340 g/mol. The smallest absolute Gasteiger partial charge is 0.315 e. The van der Waals surface area contributed by atoms with E-state index in [1.807, 2.05) is 63.2 Å². The van der Waals surface area contributed by atoms with E-state index in [2.05, 4.69) is 10.6 Å². The molecule has 132 valence electrons. The van der Waals surface area contributed by atoms with Gasteiger partial charge in [0.25, 0.3) is 0 Å². The molecule has 5 heteroatoms. The third-order valence-electron chi connectivity index (χ3n) is 4.26. The molecule has 1 aliphatic rings. The maximum atomic E-state index is 12.3. The molecular formula is C20H24N2O3. The Morgan fingerprint density at radius 2 is 1.72 bits per heavy atom. The highest BCUT2D eigenvalue weighted by Crippen LogP contribution is 2.34. The lowest BCUT2D eigenvalue weighted by Gasteiger charge is -2.28. The molecule has 1 heterocycles. The number of carbonyl (C=O) groups is 1. The van der Waals surface area contributed by atoms with Gasteiger partial charge in [0.2, 0.25) is 0 Å². The summed E-state index contributed by atoms with van der Waals surface area (Å²) < 4.78 is 11.2. The van der Waals surface area contributed by atoms with E-state index < -0.39 is 5.54 Å². The second-order valence-electron chi connectivity index (χ2n) is 6.78. The third kappa shape index (κ3) is 4.24. The minimum atomic E-state index is -0.535. The number of hydrogen-bond donors (Lipinski definition) is 2. The molecule has 0 aromatic heterocycles. The molecule has 0 unspecified atom stereocenters. The molecule has 0 radical (unpaired) electrons. The lowest BCUT2D eigenvalue weighted by atomic mass is 9.94. The van der Waals surface area contributed by atoms with Crippen molar-refractivity contribution in [2.24, 2.45) is 0 Å². The van der Waals surface area contributed by atoms with Crippen LogP contribution in [0.2, 0.25) is 0 Å². The molecule has 2 aromatic rings. The molecule has 2 N–H and O–H groups in total. The van der Waals surface area contributed by atoms with Crippen molar-refractivity contribution in [3.8, 4) is 11.5 Å². The van der Waals surface area contributed by atoms with Gasteiger partial charge in [0.15, 0.2) is 11.5 Å². The molecule has 0 spiro atoms. The zero-order valence-electron chi connectivity index (χ0n) is 14.9. The van der Waals surface area contributed by atoms with Gasteiger partial charge in [-0.15, -0.1) is 0 Å². The fourth-order valence-electron chi connectivity index (χ4n) is 2.72. The summed E-state index contributed by atoms with van der Waals surface area (Å²) >= 11 is 0. The lowest BCUT2D eigenvalue weighted by Crippen LogP contribution is -2.46. The van der Waals surface area contributed by atoms with Crippen LogP contribution in [0.1, 0.15) is 30.5 Å². The first-order chi connectivity index (χ1) is 11.9. The number of carbonyl (C=O) groups excluding carboxylic acids is 1. The molecule has 0 saturated carbocycles. The van der Waals surface area contributed by atoms with Crippen molar-refractivity contribution in [2.75, 3.05) is 13.2 Å². The lowest BCUT2D eigenvalue weighted by molar-refractivity contribution is 0.171. The maximum absolute atomic E-state index is 12.3. The number of amides is 2. The number of fused-ring (bicyclic) bond motifs is 1. The van der Waals surface area contributed by atoms with Gasteiger partial charge < -0.3 is 20.1 Å². The molecule has 0 bridgehead atoms. The first-order valence-corrected chi connectivity index (χ1v) is 8.46. The Kier molecular flexibility index (Phi) is 4.83. The Labute approximate surface area is 148 Å². The van der Waals surface area contributed by atoms with E-state index in [0.717, 1.165) is 22.6 Å².